The highest BCUT2D eigenvalue weighted by atomic mass is 35.5. The first-order chi connectivity index (χ1) is 18.6. The molecule has 5 rings (SSSR count). The minimum Gasteiger partial charge on any atom is -0.383 e. The van der Waals surface area contributed by atoms with Gasteiger partial charge >= 0.3 is 0 Å². The lowest BCUT2D eigenvalue weighted by Crippen LogP contribution is -2.23. The van der Waals surface area contributed by atoms with E-state index in [1.807, 2.05) is 13.8 Å². The summed E-state index contributed by atoms with van der Waals surface area (Å²) in [5.41, 5.74) is 2.29. The van der Waals surface area contributed by atoms with Crippen LogP contribution in [0.5, 0.6) is 0 Å². The van der Waals surface area contributed by atoms with Crippen LogP contribution in [-0.2, 0) is 0 Å². The number of nitriles is 2. The number of fused-ring (bicyclic) bond motifs is 1. The molecule has 192 valence electrons. The summed E-state index contributed by atoms with van der Waals surface area (Å²) in [7, 11) is 0. The number of anilines is 2. The lowest BCUT2D eigenvalue weighted by atomic mass is 9.90. The molecular weight excluding hydrogens is 503 g/mol. The van der Waals surface area contributed by atoms with E-state index < -0.39 is 11.8 Å². The minimum atomic E-state index is -1.62. The van der Waals surface area contributed by atoms with Crippen LogP contribution in [0.1, 0.15) is 63.4 Å². The fraction of sp³-hybridized carbons (Fsp3) is 0.321. The first-order valence-corrected chi connectivity index (χ1v) is 12.6. The van der Waals surface area contributed by atoms with E-state index >= 15 is 0 Å². The second-order valence-corrected chi connectivity index (χ2v) is 10.6. The highest BCUT2D eigenvalue weighted by molar-refractivity contribution is 6.35. The topological polar surface area (TPSA) is 115 Å². The third-order valence-electron chi connectivity index (χ3n) is 6.44. The summed E-state index contributed by atoms with van der Waals surface area (Å²) in [6.07, 6.45) is 5.55. The van der Waals surface area contributed by atoms with Gasteiger partial charge in [-0.15, -0.1) is 5.10 Å². The van der Waals surface area contributed by atoms with Crippen LogP contribution in [0.15, 0.2) is 48.8 Å². The molecule has 2 heterocycles. The Labute approximate surface area is 226 Å². The van der Waals surface area contributed by atoms with Gasteiger partial charge in [0.2, 0.25) is 0 Å². The Balaban J connectivity index is 1.60. The van der Waals surface area contributed by atoms with E-state index in [0.29, 0.717) is 57.1 Å². The molecule has 38 heavy (non-hydrogen) atoms. The number of rotatable bonds is 9. The normalized spacial score (nSPS) is 15.3. The second-order valence-electron chi connectivity index (χ2n) is 10.2. The standard InChI is InChI=1S/C28H26ClFN8/c1-28(2,9-10-31)16-34-25-18(13-32)14-33-27-22(25)11-20(12-23(27)29)35-26(17-3-5-19(30)6-4-17)24-15-38(37-36-24)21-7-8-21/h3-6,11-12,14-15,21,26,35H,7-9,16H2,1-2H3,(H,33,34)/i26D. The van der Waals surface area contributed by atoms with Crippen LogP contribution in [-0.4, -0.2) is 26.5 Å². The van der Waals surface area contributed by atoms with Gasteiger partial charge in [0.25, 0.3) is 0 Å². The van der Waals surface area contributed by atoms with Gasteiger partial charge in [0, 0.05) is 30.2 Å². The third-order valence-corrected chi connectivity index (χ3v) is 6.72. The van der Waals surface area contributed by atoms with Gasteiger partial charge < -0.3 is 10.6 Å². The van der Waals surface area contributed by atoms with Crippen molar-refractivity contribution in [2.24, 2.45) is 5.41 Å². The van der Waals surface area contributed by atoms with E-state index in [1.54, 1.807) is 23.0 Å². The molecule has 0 radical (unpaired) electrons. The molecular formula is C28H26ClFN8. The predicted molar refractivity (Wildman–Crippen MR) is 144 cm³/mol. The smallest absolute Gasteiger partial charge is 0.123 e. The van der Waals surface area contributed by atoms with Crippen LogP contribution in [0.4, 0.5) is 15.8 Å². The fourth-order valence-electron chi connectivity index (χ4n) is 4.16. The Hall–Kier alpha value is -4.21. The Kier molecular flexibility index (Phi) is 6.53. The van der Waals surface area contributed by atoms with Crippen molar-refractivity contribution >= 4 is 33.9 Å². The summed E-state index contributed by atoms with van der Waals surface area (Å²) in [4.78, 5) is 4.40. The highest BCUT2D eigenvalue weighted by Crippen LogP contribution is 2.37. The number of halogens is 2. The van der Waals surface area contributed by atoms with Crippen molar-refractivity contribution < 1.29 is 5.76 Å². The Morgan fingerprint density at radius 3 is 2.71 bits per heavy atom. The summed E-state index contributed by atoms with van der Waals surface area (Å²) in [5.74, 6) is -0.415. The second kappa shape index (κ2) is 10.3. The Morgan fingerprint density at radius 2 is 2.03 bits per heavy atom. The van der Waals surface area contributed by atoms with Crippen molar-refractivity contribution in [3.63, 3.8) is 0 Å². The van der Waals surface area contributed by atoms with Crippen LogP contribution in [0.2, 0.25) is 5.02 Å². The molecule has 1 aliphatic rings. The summed E-state index contributed by atoms with van der Waals surface area (Å²) in [5, 5.41) is 35.0. The number of pyridine rings is 1. The lowest BCUT2D eigenvalue weighted by molar-refractivity contribution is 0.403. The molecule has 4 aromatic rings. The first kappa shape index (κ1) is 24.1. The number of aromatic nitrogens is 4. The van der Waals surface area contributed by atoms with E-state index in [0.717, 1.165) is 12.8 Å². The molecule has 0 saturated heterocycles. The van der Waals surface area contributed by atoms with Gasteiger partial charge in [0.1, 0.15) is 17.6 Å². The molecule has 1 saturated carbocycles. The average molecular weight is 530 g/mol. The predicted octanol–water partition coefficient (Wildman–Crippen LogP) is 6.38. The summed E-state index contributed by atoms with van der Waals surface area (Å²) < 4.78 is 25.0. The zero-order valence-electron chi connectivity index (χ0n) is 22.0. The molecule has 10 heteroatoms. The Bertz CT molecular complexity index is 1620. The summed E-state index contributed by atoms with van der Waals surface area (Å²) in [6.45, 7) is 4.36. The highest BCUT2D eigenvalue weighted by Gasteiger charge is 2.27. The molecule has 2 aromatic heterocycles. The number of benzene rings is 2. The van der Waals surface area contributed by atoms with Crippen LogP contribution in [0, 0.1) is 33.9 Å². The van der Waals surface area contributed by atoms with Gasteiger partial charge in [-0.1, -0.05) is 42.8 Å². The number of nitrogens with one attached hydrogen (secondary N) is 2. The summed E-state index contributed by atoms with van der Waals surface area (Å²) in [6, 6.07) is 12.1. The number of nitrogens with zero attached hydrogens (tertiary/aromatic N) is 6. The fourth-order valence-corrected chi connectivity index (χ4v) is 4.43. The molecule has 0 aliphatic heterocycles. The molecule has 0 bridgehead atoms. The SMILES string of the molecule is [2H]C(Nc1cc(Cl)c2ncc(C#N)c(NCC(C)(C)CC#N)c2c1)(c1ccc(F)cc1)c1cn(C2CC2)nn1. The van der Waals surface area contributed by atoms with Gasteiger partial charge in [-0.05, 0) is 48.1 Å². The van der Waals surface area contributed by atoms with Crippen molar-refractivity contribution in [2.45, 2.75) is 45.2 Å². The van der Waals surface area contributed by atoms with Crippen LogP contribution in [0.25, 0.3) is 10.9 Å². The molecule has 0 spiro atoms. The van der Waals surface area contributed by atoms with Crippen molar-refractivity contribution in [1.82, 2.24) is 20.0 Å². The molecule has 2 aromatic carbocycles. The van der Waals surface area contributed by atoms with Crippen LogP contribution >= 0.6 is 11.6 Å². The first-order valence-electron chi connectivity index (χ1n) is 12.7. The number of hydrogen-bond acceptors (Lipinski definition) is 7. The van der Waals surface area contributed by atoms with Gasteiger partial charge in [0.05, 0.1) is 47.5 Å². The van der Waals surface area contributed by atoms with Crippen molar-refractivity contribution in [3.8, 4) is 12.1 Å². The maximum Gasteiger partial charge on any atom is 0.123 e. The van der Waals surface area contributed by atoms with Gasteiger partial charge in [-0.25, -0.2) is 9.07 Å². The zero-order chi connectivity index (χ0) is 27.8. The Morgan fingerprint density at radius 1 is 1.26 bits per heavy atom. The zero-order valence-corrected chi connectivity index (χ0v) is 21.7. The third kappa shape index (κ3) is 5.39. The van der Waals surface area contributed by atoms with Crippen LogP contribution < -0.4 is 10.6 Å². The quantitative estimate of drug-likeness (QED) is 0.258. The van der Waals surface area contributed by atoms with Crippen molar-refractivity contribution in [1.29, 1.82) is 10.5 Å². The maximum atomic E-state index is 13.8. The van der Waals surface area contributed by atoms with E-state index in [1.165, 1.54) is 30.5 Å². The van der Waals surface area contributed by atoms with E-state index in [2.05, 4.69) is 38.1 Å². The molecule has 8 nitrogen and oxygen atoms in total. The van der Waals surface area contributed by atoms with Crippen molar-refractivity contribution in [3.05, 3.63) is 76.5 Å². The van der Waals surface area contributed by atoms with E-state index in [9.17, 15) is 16.3 Å². The monoisotopic (exact) mass is 529 g/mol. The lowest BCUT2D eigenvalue weighted by Gasteiger charge is -2.24. The van der Waals surface area contributed by atoms with E-state index in [-0.39, 0.29) is 11.5 Å². The molecule has 2 N–H and O–H groups in total. The molecule has 1 atom stereocenters. The molecule has 1 unspecified atom stereocenters. The summed E-state index contributed by atoms with van der Waals surface area (Å²) >= 11 is 6.67. The van der Waals surface area contributed by atoms with Crippen molar-refractivity contribution in [2.75, 3.05) is 17.2 Å². The largest absolute Gasteiger partial charge is 0.383 e. The molecule has 0 amide bonds. The van der Waals surface area contributed by atoms with Gasteiger partial charge in [-0.2, -0.15) is 10.5 Å². The van der Waals surface area contributed by atoms with Gasteiger partial charge in [0.15, 0.2) is 0 Å². The molecule has 1 fully saturated rings. The molecule has 1 aliphatic carbocycles. The van der Waals surface area contributed by atoms with E-state index in [4.69, 9.17) is 11.6 Å². The van der Waals surface area contributed by atoms with Crippen LogP contribution in [0.3, 0.4) is 0 Å². The maximum absolute atomic E-state index is 13.8. The number of hydrogen-bond donors (Lipinski definition) is 2. The van der Waals surface area contributed by atoms with Gasteiger partial charge in [-0.3, -0.25) is 4.98 Å². The average Bonchev–Trinajstić information content (AvgIpc) is 3.63. The minimum absolute atomic E-state index is 0.272.